The topological polar surface area (TPSA) is 77.8 Å². The molecule has 0 fully saturated rings. The molecule has 1 aromatic heterocycles. The van der Waals surface area contributed by atoms with Gasteiger partial charge in [-0.3, -0.25) is 0 Å². The number of anilines is 2. The van der Waals surface area contributed by atoms with Gasteiger partial charge in [-0.2, -0.15) is 0 Å². The average Bonchev–Trinajstić information content (AvgIpc) is 2.25. The largest absolute Gasteiger partial charge is 0.382 e. The number of halogens is 2. The monoisotopic (exact) mass is 238 g/mol. The maximum Gasteiger partial charge on any atom is 0.164 e. The number of hydrogen-bond acceptors (Lipinski definition) is 4. The molecule has 0 radical (unpaired) electrons. The molecule has 0 atom stereocenters. The lowest BCUT2D eigenvalue weighted by atomic mass is 10.2. The van der Waals surface area contributed by atoms with Crippen molar-refractivity contribution in [1.29, 1.82) is 0 Å². The Balaban J connectivity index is 2.57. The normalized spacial score (nSPS) is 10.4. The number of nitrogens with zero attached hydrogens (tertiary/aromatic N) is 2. The average molecular weight is 239 g/mol. The van der Waals surface area contributed by atoms with Gasteiger partial charge in [0.05, 0.1) is 0 Å². The van der Waals surface area contributed by atoms with Crippen LogP contribution in [-0.4, -0.2) is 9.97 Å². The Kier molecular flexibility index (Phi) is 2.62. The minimum absolute atomic E-state index is 0.0772. The van der Waals surface area contributed by atoms with Gasteiger partial charge >= 0.3 is 0 Å². The second kappa shape index (κ2) is 3.94. The number of benzene rings is 1. The first-order chi connectivity index (χ1) is 7.58. The Bertz CT molecular complexity index is 521. The molecule has 0 aliphatic heterocycles. The Morgan fingerprint density at radius 3 is 2.31 bits per heavy atom. The highest BCUT2D eigenvalue weighted by atomic mass is 35.5. The van der Waals surface area contributed by atoms with E-state index in [9.17, 15) is 4.39 Å². The summed E-state index contributed by atoms with van der Waals surface area (Å²) < 4.78 is 13.0. The van der Waals surface area contributed by atoms with Crippen LogP contribution in [0.2, 0.25) is 5.02 Å². The zero-order chi connectivity index (χ0) is 11.7. The molecule has 4 N–H and O–H groups in total. The Morgan fingerprint density at radius 1 is 1.12 bits per heavy atom. The van der Waals surface area contributed by atoms with Crippen LogP contribution in [0, 0.1) is 5.82 Å². The number of aromatic nitrogens is 2. The third-order valence-electron chi connectivity index (χ3n) is 1.99. The van der Waals surface area contributed by atoms with Gasteiger partial charge < -0.3 is 11.5 Å². The van der Waals surface area contributed by atoms with E-state index in [1.54, 1.807) is 12.1 Å². The molecule has 1 heterocycles. The first-order valence-electron chi connectivity index (χ1n) is 4.42. The van der Waals surface area contributed by atoms with E-state index in [4.69, 9.17) is 23.1 Å². The summed E-state index contributed by atoms with van der Waals surface area (Å²) in [5, 5.41) is 0.111. The molecule has 2 rings (SSSR count). The highest BCUT2D eigenvalue weighted by Crippen LogP contribution is 2.26. The van der Waals surface area contributed by atoms with Crippen molar-refractivity contribution in [2.75, 3.05) is 11.5 Å². The highest BCUT2D eigenvalue weighted by molar-refractivity contribution is 6.35. The van der Waals surface area contributed by atoms with Gasteiger partial charge in [0.15, 0.2) is 5.82 Å². The van der Waals surface area contributed by atoms with Crippen LogP contribution in [0.15, 0.2) is 24.3 Å². The van der Waals surface area contributed by atoms with Gasteiger partial charge in [0.25, 0.3) is 0 Å². The van der Waals surface area contributed by atoms with Crippen LogP contribution in [-0.2, 0) is 0 Å². The van der Waals surface area contributed by atoms with Gasteiger partial charge in [0, 0.05) is 5.56 Å². The van der Waals surface area contributed by atoms with Crippen LogP contribution in [0.1, 0.15) is 0 Å². The summed E-state index contributed by atoms with van der Waals surface area (Å²) in [5.74, 6) is 0.0222. The SMILES string of the molecule is Nc1nc(-c2cccc(F)c2)nc(N)c1Cl. The molecule has 0 aliphatic carbocycles. The molecule has 4 nitrogen and oxygen atoms in total. The second-order valence-corrected chi connectivity index (χ2v) is 3.52. The van der Waals surface area contributed by atoms with Crippen molar-refractivity contribution >= 4 is 23.2 Å². The molecule has 0 unspecified atom stereocenters. The van der Waals surface area contributed by atoms with E-state index < -0.39 is 0 Å². The molecule has 16 heavy (non-hydrogen) atoms. The standard InChI is InChI=1S/C10H8ClFN4/c11-7-8(13)15-10(16-9(7)14)5-2-1-3-6(12)4-5/h1-4H,(H4,13,14,15,16). The molecule has 0 bridgehead atoms. The summed E-state index contributed by atoms with van der Waals surface area (Å²) in [6.07, 6.45) is 0. The molecule has 0 spiro atoms. The summed E-state index contributed by atoms with van der Waals surface area (Å²) in [6, 6.07) is 5.83. The first kappa shape index (κ1) is 10.6. The van der Waals surface area contributed by atoms with Crippen molar-refractivity contribution in [3.63, 3.8) is 0 Å². The number of hydrogen-bond donors (Lipinski definition) is 2. The molecule has 0 saturated heterocycles. The predicted octanol–water partition coefficient (Wildman–Crippen LogP) is 2.10. The molecular weight excluding hydrogens is 231 g/mol. The third kappa shape index (κ3) is 1.90. The molecular formula is C10H8ClFN4. The van der Waals surface area contributed by atoms with E-state index in [2.05, 4.69) is 9.97 Å². The Hall–Kier alpha value is -1.88. The summed E-state index contributed by atoms with van der Waals surface area (Å²) in [5.41, 5.74) is 11.6. The summed E-state index contributed by atoms with van der Waals surface area (Å²) in [7, 11) is 0. The van der Waals surface area contributed by atoms with Crippen LogP contribution in [0.4, 0.5) is 16.0 Å². The summed E-state index contributed by atoms with van der Waals surface area (Å²) in [4.78, 5) is 7.87. The van der Waals surface area contributed by atoms with E-state index in [0.717, 1.165) is 0 Å². The Morgan fingerprint density at radius 2 is 1.75 bits per heavy atom. The zero-order valence-corrected chi connectivity index (χ0v) is 8.87. The lowest BCUT2D eigenvalue weighted by Gasteiger charge is -2.05. The van der Waals surface area contributed by atoms with Crippen LogP contribution < -0.4 is 11.5 Å². The van der Waals surface area contributed by atoms with Gasteiger partial charge in [0.1, 0.15) is 22.5 Å². The fourth-order valence-corrected chi connectivity index (χ4v) is 1.32. The van der Waals surface area contributed by atoms with Crippen molar-refractivity contribution in [3.8, 4) is 11.4 Å². The van der Waals surface area contributed by atoms with E-state index in [0.29, 0.717) is 5.56 Å². The maximum absolute atomic E-state index is 13.0. The van der Waals surface area contributed by atoms with Gasteiger partial charge in [-0.25, -0.2) is 14.4 Å². The van der Waals surface area contributed by atoms with E-state index in [1.165, 1.54) is 12.1 Å². The summed E-state index contributed by atoms with van der Waals surface area (Å²) in [6.45, 7) is 0. The van der Waals surface area contributed by atoms with Crippen molar-refractivity contribution in [2.24, 2.45) is 0 Å². The highest BCUT2D eigenvalue weighted by Gasteiger charge is 2.09. The third-order valence-corrected chi connectivity index (χ3v) is 2.37. The van der Waals surface area contributed by atoms with Crippen molar-refractivity contribution in [2.45, 2.75) is 0 Å². The fraction of sp³-hybridized carbons (Fsp3) is 0. The molecule has 6 heteroatoms. The minimum atomic E-state index is -0.381. The Labute approximate surface area is 96.1 Å². The van der Waals surface area contributed by atoms with Crippen molar-refractivity contribution < 1.29 is 4.39 Å². The van der Waals surface area contributed by atoms with E-state index in [1.807, 2.05) is 0 Å². The van der Waals surface area contributed by atoms with Gasteiger partial charge in [-0.15, -0.1) is 0 Å². The second-order valence-electron chi connectivity index (χ2n) is 3.14. The molecule has 0 amide bonds. The summed E-state index contributed by atoms with van der Waals surface area (Å²) >= 11 is 5.72. The molecule has 1 aromatic carbocycles. The number of nitrogen functional groups attached to an aromatic ring is 2. The van der Waals surface area contributed by atoms with Gasteiger partial charge in [0.2, 0.25) is 0 Å². The number of rotatable bonds is 1. The molecule has 0 aliphatic rings. The molecule has 2 aromatic rings. The van der Waals surface area contributed by atoms with Crippen LogP contribution in [0.5, 0.6) is 0 Å². The van der Waals surface area contributed by atoms with Crippen LogP contribution >= 0.6 is 11.6 Å². The van der Waals surface area contributed by atoms with E-state index in [-0.39, 0.29) is 28.3 Å². The maximum atomic E-state index is 13.0. The lowest BCUT2D eigenvalue weighted by molar-refractivity contribution is 0.628. The molecule has 82 valence electrons. The van der Waals surface area contributed by atoms with Gasteiger partial charge in [-0.05, 0) is 12.1 Å². The molecule has 0 saturated carbocycles. The van der Waals surface area contributed by atoms with Crippen LogP contribution in [0.3, 0.4) is 0 Å². The van der Waals surface area contributed by atoms with Crippen molar-refractivity contribution in [1.82, 2.24) is 9.97 Å². The van der Waals surface area contributed by atoms with Crippen LogP contribution in [0.25, 0.3) is 11.4 Å². The fourth-order valence-electron chi connectivity index (χ4n) is 1.24. The van der Waals surface area contributed by atoms with Crippen molar-refractivity contribution in [3.05, 3.63) is 35.1 Å². The number of nitrogens with two attached hydrogens (primary N) is 2. The van der Waals surface area contributed by atoms with Gasteiger partial charge in [-0.1, -0.05) is 23.7 Å². The quantitative estimate of drug-likeness (QED) is 0.798. The van der Waals surface area contributed by atoms with E-state index >= 15 is 0 Å². The minimum Gasteiger partial charge on any atom is -0.382 e. The first-order valence-corrected chi connectivity index (χ1v) is 4.80. The lowest BCUT2D eigenvalue weighted by Crippen LogP contribution is -2.02. The smallest absolute Gasteiger partial charge is 0.164 e. The zero-order valence-electron chi connectivity index (χ0n) is 8.11. The predicted molar refractivity (Wildman–Crippen MR) is 61.3 cm³/mol.